The van der Waals surface area contributed by atoms with Gasteiger partial charge in [-0.3, -0.25) is 0 Å². The third-order valence-corrected chi connectivity index (χ3v) is 5.76. The van der Waals surface area contributed by atoms with Crippen LogP contribution in [-0.2, 0) is 10.0 Å². The molecule has 0 amide bonds. The fraction of sp³-hybridized carbons (Fsp3) is 0.412. The smallest absolute Gasteiger partial charge is 0.243 e. The monoisotopic (exact) mass is 321 g/mol. The Morgan fingerprint density at radius 2 is 2.09 bits per heavy atom. The number of aryl methyl sites for hydroxylation is 1. The normalized spacial score (nSPS) is 20.7. The molecule has 2 rings (SSSR count). The molecule has 0 saturated carbocycles. The van der Waals surface area contributed by atoms with Gasteiger partial charge in [-0.2, -0.15) is 4.31 Å². The van der Waals surface area contributed by atoms with Crippen LogP contribution in [0.5, 0.6) is 0 Å². The quantitative estimate of drug-likeness (QED) is 0.820. The first-order valence-corrected chi connectivity index (χ1v) is 8.93. The first kappa shape index (κ1) is 16.9. The van der Waals surface area contributed by atoms with Crippen LogP contribution in [0.3, 0.4) is 0 Å². The molecule has 120 valence electrons. The first-order valence-electron chi connectivity index (χ1n) is 7.49. The van der Waals surface area contributed by atoms with E-state index in [2.05, 4.69) is 6.58 Å². The van der Waals surface area contributed by atoms with Gasteiger partial charge in [-0.05, 0) is 38.3 Å². The summed E-state index contributed by atoms with van der Waals surface area (Å²) in [4.78, 5) is 0.302. The predicted molar refractivity (Wildman–Crippen MR) is 88.1 cm³/mol. The van der Waals surface area contributed by atoms with Crippen LogP contribution in [0, 0.1) is 6.92 Å². The molecule has 0 fully saturated rings. The van der Waals surface area contributed by atoms with E-state index in [9.17, 15) is 13.5 Å². The van der Waals surface area contributed by atoms with Crippen LogP contribution in [-0.4, -0.2) is 36.5 Å². The number of benzene rings is 1. The second kappa shape index (κ2) is 7.22. The van der Waals surface area contributed by atoms with Crippen LogP contribution in [0.25, 0.3) is 0 Å². The zero-order valence-corrected chi connectivity index (χ0v) is 13.7. The molecule has 2 atom stereocenters. The number of aliphatic hydroxyl groups excluding tert-OH is 1. The van der Waals surface area contributed by atoms with Gasteiger partial charge < -0.3 is 5.11 Å². The largest absolute Gasteiger partial charge is 0.393 e. The fourth-order valence-corrected chi connectivity index (χ4v) is 4.23. The molecular formula is C17H23NO3S. The van der Waals surface area contributed by atoms with Gasteiger partial charge in [0.2, 0.25) is 10.0 Å². The number of aliphatic hydroxyl groups is 1. The van der Waals surface area contributed by atoms with Gasteiger partial charge in [0.05, 0.1) is 11.0 Å². The van der Waals surface area contributed by atoms with Crippen molar-refractivity contribution in [2.24, 2.45) is 0 Å². The van der Waals surface area contributed by atoms with Crippen molar-refractivity contribution < 1.29 is 13.5 Å². The third kappa shape index (κ3) is 3.85. The highest BCUT2D eigenvalue weighted by Gasteiger charge is 2.32. The maximum absolute atomic E-state index is 12.8. The van der Waals surface area contributed by atoms with Gasteiger partial charge in [0.25, 0.3) is 0 Å². The van der Waals surface area contributed by atoms with E-state index in [-0.39, 0.29) is 6.04 Å². The Morgan fingerprint density at radius 3 is 2.73 bits per heavy atom. The van der Waals surface area contributed by atoms with Crippen molar-refractivity contribution in [3.8, 4) is 0 Å². The van der Waals surface area contributed by atoms with Crippen molar-refractivity contribution in [3.05, 3.63) is 54.6 Å². The Kier molecular flexibility index (Phi) is 5.56. The minimum Gasteiger partial charge on any atom is -0.393 e. The summed E-state index contributed by atoms with van der Waals surface area (Å²) in [6.07, 6.45) is 6.46. The van der Waals surface area contributed by atoms with Crippen LogP contribution in [0.1, 0.15) is 24.8 Å². The average Bonchev–Trinajstić information content (AvgIpc) is 2.48. The SMILES string of the molecule is C=CC[C@@H](O)C[C@H]1C=CCCN1S(=O)(=O)c1ccc(C)cc1. The maximum atomic E-state index is 12.8. The van der Waals surface area contributed by atoms with Crippen LogP contribution < -0.4 is 0 Å². The predicted octanol–water partition coefficient (Wildman–Crippen LogP) is 2.64. The minimum atomic E-state index is -3.54. The van der Waals surface area contributed by atoms with E-state index >= 15 is 0 Å². The molecule has 0 aliphatic carbocycles. The van der Waals surface area contributed by atoms with E-state index in [1.165, 1.54) is 4.31 Å². The van der Waals surface area contributed by atoms with Gasteiger partial charge in [0, 0.05) is 12.6 Å². The first-order chi connectivity index (χ1) is 10.4. The molecule has 22 heavy (non-hydrogen) atoms. The number of hydrogen-bond acceptors (Lipinski definition) is 3. The molecule has 0 bridgehead atoms. The van der Waals surface area contributed by atoms with E-state index < -0.39 is 16.1 Å². The summed E-state index contributed by atoms with van der Waals surface area (Å²) < 4.78 is 27.2. The molecule has 0 aromatic heterocycles. The van der Waals surface area contributed by atoms with Crippen molar-refractivity contribution in [2.75, 3.05) is 6.54 Å². The molecule has 4 nitrogen and oxygen atoms in total. The third-order valence-electron chi connectivity index (χ3n) is 3.82. The van der Waals surface area contributed by atoms with E-state index in [1.807, 2.05) is 19.1 Å². The van der Waals surface area contributed by atoms with Crippen molar-refractivity contribution in [3.63, 3.8) is 0 Å². The van der Waals surface area contributed by atoms with Crippen molar-refractivity contribution in [1.29, 1.82) is 0 Å². The molecule has 1 aromatic rings. The van der Waals surface area contributed by atoms with Gasteiger partial charge in [-0.15, -0.1) is 6.58 Å². The summed E-state index contributed by atoms with van der Waals surface area (Å²) in [5.41, 5.74) is 1.02. The fourth-order valence-electron chi connectivity index (χ4n) is 2.62. The van der Waals surface area contributed by atoms with Gasteiger partial charge in [0.15, 0.2) is 0 Å². The van der Waals surface area contributed by atoms with Crippen molar-refractivity contribution in [2.45, 2.75) is 43.2 Å². The molecule has 1 aliphatic rings. The number of hydrogen-bond donors (Lipinski definition) is 1. The summed E-state index contributed by atoms with van der Waals surface area (Å²) in [7, 11) is -3.54. The molecule has 0 spiro atoms. The van der Waals surface area contributed by atoms with Crippen LogP contribution in [0.4, 0.5) is 0 Å². The zero-order valence-electron chi connectivity index (χ0n) is 12.9. The minimum absolute atomic E-state index is 0.302. The molecule has 1 aliphatic heterocycles. The van der Waals surface area contributed by atoms with Gasteiger partial charge in [0.1, 0.15) is 0 Å². The Bertz CT molecular complexity index is 634. The van der Waals surface area contributed by atoms with Crippen LogP contribution >= 0.6 is 0 Å². The molecule has 1 N–H and O–H groups in total. The van der Waals surface area contributed by atoms with E-state index in [1.54, 1.807) is 30.3 Å². The zero-order chi connectivity index (χ0) is 16.2. The second-order valence-electron chi connectivity index (χ2n) is 5.63. The second-order valence-corrected chi connectivity index (χ2v) is 7.52. The number of sulfonamides is 1. The highest BCUT2D eigenvalue weighted by atomic mass is 32.2. The summed E-state index contributed by atoms with van der Waals surface area (Å²) in [6.45, 7) is 5.98. The van der Waals surface area contributed by atoms with E-state index in [4.69, 9.17) is 0 Å². The molecular weight excluding hydrogens is 298 g/mol. The van der Waals surface area contributed by atoms with Crippen LogP contribution in [0.2, 0.25) is 0 Å². The van der Waals surface area contributed by atoms with Crippen molar-refractivity contribution >= 4 is 10.0 Å². The summed E-state index contributed by atoms with van der Waals surface area (Å²) in [5.74, 6) is 0. The molecule has 1 heterocycles. The number of rotatable bonds is 6. The lowest BCUT2D eigenvalue weighted by Gasteiger charge is -2.32. The van der Waals surface area contributed by atoms with Gasteiger partial charge in [-0.1, -0.05) is 35.9 Å². The Morgan fingerprint density at radius 1 is 1.41 bits per heavy atom. The van der Waals surface area contributed by atoms with E-state index in [0.29, 0.717) is 30.7 Å². The lowest BCUT2D eigenvalue weighted by Crippen LogP contribution is -2.43. The summed E-state index contributed by atoms with van der Waals surface area (Å²) in [6, 6.07) is 6.57. The maximum Gasteiger partial charge on any atom is 0.243 e. The summed E-state index contributed by atoms with van der Waals surface area (Å²) in [5, 5.41) is 9.97. The van der Waals surface area contributed by atoms with Crippen molar-refractivity contribution in [1.82, 2.24) is 4.31 Å². The molecule has 0 unspecified atom stereocenters. The lowest BCUT2D eigenvalue weighted by molar-refractivity contribution is 0.143. The topological polar surface area (TPSA) is 57.6 Å². The highest BCUT2D eigenvalue weighted by molar-refractivity contribution is 7.89. The highest BCUT2D eigenvalue weighted by Crippen LogP contribution is 2.25. The number of nitrogens with zero attached hydrogens (tertiary/aromatic N) is 1. The Labute approximate surface area is 132 Å². The van der Waals surface area contributed by atoms with Gasteiger partial charge >= 0.3 is 0 Å². The Balaban J connectivity index is 2.25. The van der Waals surface area contributed by atoms with Crippen LogP contribution in [0.15, 0.2) is 54.0 Å². The van der Waals surface area contributed by atoms with E-state index in [0.717, 1.165) is 5.56 Å². The molecule has 0 radical (unpaired) electrons. The molecule has 0 saturated heterocycles. The standard InChI is InChI=1S/C17H23NO3S/c1-3-6-16(19)13-15-7-4-5-12-18(15)22(20,21)17-10-8-14(2)9-11-17/h3-4,7-11,15-16,19H,1,5-6,12-13H2,2H3/t15-,16-/m1/s1. The molecule has 1 aromatic carbocycles. The lowest BCUT2D eigenvalue weighted by atomic mass is 10.0. The average molecular weight is 321 g/mol. The summed E-state index contributed by atoms with van der Waals surface area (Å²) >= 11 is 0. The molecule has 5 heteroatoms. The Hall–Kier alpha value is -1.43. The van der Waals surface area contributed by atoms with Gasteiger partial charge in [-0.25, -0.2) is 8.42 Å².